The average molecular weight is 449 g/mol. The van der Waals surface area contributed by atoms with Crippen LogP contribution < -0.4 is 4.31 Å². The average Bonchev–Trinajstić information content (AvgIpc) is 3.05. The van der Waals surface area contributed by atoms with Gasteiger partial charge in [0.05, 0.1) is 21.7 Å². The summed E-state index contributed by atoms with van der Waals surface area (Å²) in [5.41, 5.74) is 1.37. The Bertz CT molecular complexity index is 1280. The van der Waals surface area contributed by atoms with E-state index in [2.05, 4.69) is 0 Å². The summed E-state index contributed by atoms with van der Waals surface area (Å²) in [4.78, 5) is 40.0. The monoisotopic (exact) mass is 448 g/mol. The maximum absolute atomic E-state index is 13.6. The third-order valence-corrected chi connectivity index (χ3v) is 7.06. The Labute approximate surface area is 185 Å². The zero-order valence-corrected chi connectivity index (χ0v) is 18.2. The molecule has 0 fully saturated rings. The van der Waals surface area contributed by atoms with Crippen LogP contribution in [0, 0.1) is 6.92 Å². The van der Waals surface area contributed by atoms with Crippen LogP contribution in [0.3, 0.4) is 0 Å². The second-order valence-corrected chi connectivity index (χ2v) is 9.24. The molecule has 3 amide bonds. The zero-order valence-electron chi connectivity index (χ0n) is 17.4. The molecule has 32 heavy (non-hydrogen) atoms. The smallest absolute Gasteiger partial charge is 0.270 e. The van der Waals surface area contributed by atoms with Crippen LogP contribution in [0.5, 0.6) is 0 Å². The van der Waals surface area contributed by atoms with E-state index in [4.69, 9.17) is 0 Å². The molecule has 1 aliphatic heterocycles. The van der Waals surface area contributed by atoms with Gasteiger partial charge in [-0.1, -0.05) is 48.0 Å². The van der Waals surface area contributed by atoms with E-state index in [1.165, 1.54) is 43.3 Å². The van der Waals surface area contributed by atoms with E-state index in [1.807, 2.05) is 6.92 Å². The zero-order chi connectivity index (χ0) is 23.0. The van der Waals surface area contributed by atoms with Gasteiger partial charge in [0, 0.05) is 0 Å². The molecule has 0 N–H and O–H groups in total. The molecule has 3 aromatic carbocycles. The molecule has 0 bridgehead atoms. The Morgan fingerprint density at radius 2 is 1.31 bits per heavy atom. The van der Waals surface area contributed by atoms with Crippen LogP contribution in [0.15, 0.2) is 83.8 Å². The van der Waals surface area contributed by atoms with E-state index >= 15 is 0 Å². The van der Waals surface area contributed by atoms with Gasteiger partial charge in [0.25, 0.3) is 27.7 Å². The molecule has 4 rings (SSSR count). The van der Waals surface area contributed by atoms with Crippen molar-refractivity contribution >= 4 is 33.4 Å². The third kappa shape index (κ3) is 3.48. The lowest BCUT2D eigenvalue weighted by Gasteiger charge is -2.29. The van der Waals surface area contributed by atoms with Gasteiger partial charge in [0.1, 0.15) is 6.04 Å². The summed E-state index contributed by atoms with van der Waals surface area (Å²) in [7, 11) is -4.31. The minimum absolute atomic E-state index is 0.0801. The van der Waals surface area contributed by atoms with E-state index in [0.29, 0.717) is 4.31 Å². The highest BCUT2D eigenvalue weighted by molar-refractivity contribution is 7.93. The molecule has 0 saturated carbocycles. The summed E-state index contributed by atoms with van der Waals surface area (Å²) < 4.78 is 27.6. The van der Waals surface area contributed by atoms with Gasteiger partial charge in [-0.25, -0.2) is 12.7 Å². The first-order valence-electron chi connectivity index (χ1n) is 9.91. The van der Waals surface area contributed by atoms with Crippen molar-refractivity contribution in [3.8, 4) is 0 Å². The van der Waals surface area contributed by atoms with Gasteiger partial charge >= 0.3 is 0 Å². The highest BCUT2D eigenvalue weighted by atomic mass is 32.2. The van der Waals surface area contributed by atoms with E-state index < -0.39 is 33.8 Å². The quantitative estimate of drug-likeness (QED) is 0.558. The van der Waals surface area contributed by atoms with Crippen LogP contribution in [-0.4, -0.2) is 37.1 Å². The molecule has 1 aliphatic rings. The lowest BCUT2D eigenvalue weighted by molar-refractivity contribution is -0.120. The second kappa shape index (κ2) is 8.05. The second-order valence-electron chi connectivity index (χ2n) is 7.46. The summed E-state index contributed by atoms with van der Waals surface area (Å²) in [5.74, 6) is -2.17. The molecule has 1 atom stereocenters. The molecular weight excluding hydrogens is 428 g/mol. The summed E-state index contributed by atoms with van der Waals surface area (Å²) in [6.07, 6.45) is 0. The first kappa shape index (κ1) is 21.5. The van der Waals surface area contributed by atoms with E-state index in [-0.39, 0.29) is 21.7 Å². The fourth-order valence-corrected chi connectivity index (χ4v) is 5.10. The number of hydrogen-bond donors (Lipinski definition) is 0. The van der Waals surface area contributed by atoms with E-state index in [9.17, 15) is 22.8 Å². The fourth-order valence-electron chi connectivity index (χ4n) is 3.60. The number of carbonyl (C=O) groups is 3. The molecule has 0 aromatic heterocycles. The number of anilines is 1. The van der Waals surface area contributed by atoms with Gasteiger partial charge < -0.3 is 0 Å². The van der Waals surface area contributed by atoms with Crippen LogP contribution in [0.1, 0.15) is 33.2 Å². The van der Waals surface area contributed by atoms with Crippen LogP contribution in [0.25, 0.3) is 0 Å². The molecule has 3 aromatic rings. The van der Waals surface area contributed by atoms with Crippen molar-refractivity contribution in [2.24, 2.45) is 0 Å². The predicted molar refractivity (Wildman–Crippen MR) is 119 cm³/mol. The van der Waals surface area contributed by atoms with Crippen molar-refractivity contribution in [3.05, 3.63) is 95.6 Å². The maximum Gasteiger partial charge on any atom is 0.270 e. The molecule has 0 saturated heterocycles. The van der Waals surface area contributed by atoms with E-state index in [1.54, 1.807) is 42.5 Å². The minimum atomic E-state index is -4.31. The summed E-state index contributed by atoms with van der Waals surface area (Å²) in [6.45, 7) is 3.19. The largest absolute Gasteiger partial charge is 0.271 e. The Hall–Kier alpha value is -3.78. The number of imide groups is 1. The first-order valence-corrected chi connectivity index (χ1v) is 11.4. The molecule has 0 spiro atoms. The SMILES string of the molecule is Cc1ccc(N(C(=O)C(C)N2C(=O)c3ccccc3C2=O)S(=O)(=O)c2ccccc2)cc1. The molecule has 8 heteroatoms. The molecular formula is C24H20N2O5S. The number of hydrogen-bond acceptors (Lipinski definition) is 5. The number of fused-ring (bicyclic) bond motifs is 1. The molecule has 7 nitrogen and oxygen atoms in total. The predicted octanol–water partition coefficient (Wildman–Crippen LogP) is 3.40. The van der Waals surface area contributed by atoms with Crippen molar-refractivity contribution < 1.29 is 22.8 Å². The number of nitrogens with zero attached hydrogens (tertiary/aromatic N) is 2. The van der Waals surface area contributed by atoms with Crippen molar-refractivity contribution in [2.45, 2.75) is 24.8 Å². The van der Waals surface area contributed by atoms with Gasteiger partial charge in [0.2, 0.25) is 0 Å². The third-order valence-electron chi connectivity index (χ3n) is 5.32. The number of amides is 3. The van der Waals surface area contributed by atoms with Gasteiger partial charge in [-0.05, 0) is 50.2 Å². The number of carbonyl (C=O) groups excluding carboxylic acids is 3. The van der Waals surface area contributed by atoms with Crippen molar-refractivity contribution in [1.29, 1.82) is 0 Å². The molecule has 0 aliphatic carbocycles. The highest BCUT2D eigenvalue weighted by Crippen LogP contribution is 2.29. The summed E-state index contributed by atoms with van der Waals surface area (Å²) in [5, 5.41) is 0. The first-order chi connectivity index (χ1) is 15.2. The van der Waals surface area contributed by atoms with Crippen molar-refractivity contribution in [3.63, 3.8) is 0 Å². The molecule has 1 unspecified atom stereocenters. The van der Waals surface area contributed by atoms with Crippen LogP contribution in [0.4, 0.5) is 5.69 Å². The van der Waals surface area contributed by atoms with Crippen LogP contribution >= 0.6 is 0 Å². The molecule has 1 heterocycles. The van der Waals surface area contributed by atoms with Gasteiger partial charge in [-0.3, -0.25) is 19.3 Å². The Morgan fingerprint density at radius 1 is 0.812 bits per heavy atom. The Balaban J connectivity index is 1.78. The number of sulfonamides is 1. The normalized spacial score (nSPS) is 14.2. The lowest BCUT2D eigenvalue weighted by Crippen LogP contribution is -2.51. The standard InChI is InChI=1S/C24H20N2O5S/c1-16-12-14-18(15-13-16)26(32(30,31)19-8-4-3-5-9-19)22(27)17(2)25-23(28)20-10-6-7-11-21(20)24(25)29/h3-15,17H,1-2H3. The van der Waals surface area contributed by atoms with Crippen LogP contribution in [0.2, 0.25) is 0 Å². The van der Waals surface area contributed by atoms with E-state index in [0.717, 1.165) is 10.5 Å². The molecule has 162 valence electrons. The number of aryl methyl sites for hydroxylation is 1. The molecule has 0 radical (unpaired) electrons. The van der Waals surface area contributed by atoms with Gasteiger partial charge in [-0.15, -0.1) is 0 Å². The topological polar surface area (TPSA) is 91.8 Å². The number of benzene rings is 3. The lowest BCUT2D eigenvalue weighted by atomic mass is 10.1. The van der Waals surface area contributed by atoms with Crippen LogP contribution in [-0.2, 0) is 14.8 Å². The Kier molecular flexibility index (Phi) is 5.40. The van der Waals surface area contributed by atoms with Crippen molar-refractivity contribution in [2.75, 3.05) is 4.31 Å². The maximum atomic E-state index is 13.6. The summed E-state index contributed by atoms with van der Waals surface area (Å²) >= 11 is 0. The van der Waals surface area contributed by atoms with Gasteiger partial charge in [-0.2, -0.15) is 0 Å². The van der Waals surface area contributed by atoms with Crippen molar-refractivity contribution in [1.82, 2.24) is 4.90 Å². The van der Waals surface area contributed by atoms with Gasteiger partial charge in [0.15, 0.2) is 0 Å². The highest BCUT2D eigenvalue weighted by Gasteiger charge is 2.44. The Morgan fingerprint density at radius 3 is 1.84 bits per heavy atom. The fraction of sp³-hybridized carbons (Fsp3) is 0.125. The number of rotatable bonds is 5. The summed E-state index contributed by atoms with van der Waals surface area (Å²) in [6, 6.07) is 18.9. The minimum Gasteiger partial charge on any atom is -0.271 e.